The fraction of sp³-hybridized carbons (Fsp3) is 0.0556. The zero-order valence-corrected chi connectivity index (χ0v) is 12.5. The minimum Gasteiger partial charge on any atom is -0.336 e. The van der Waals surface area contributed by atoms with Gasteiger partial charge in [-0.2, -0.15) is 0 Å². The van der Waals surface area contributed by atoms with Gasteiger partial charge in [0.2, 0.25) is 5.78 Å². The molecule has 21 heavy (non-hydrogen) atoms. The van der Waals surface area contributed by atoms with Crippen molar-refractivity contribution < 1.29 is 4.79 Å². The average molecular weight is 293 g/mol. The topological polar surface area (TPSA) is 20.3 Å². The molecule has 0 amide bonds. The summed E-state index contributed by atoms with van der Waals surface area (Å²) in [4.78, 5) is 15.3. The Morgan fingerprint density at radius 3 is 2.14 bits per heavy atom. The van der Waals surface area contributed by atoms with Crippen molar-refractivity contribution in [3.8, 4) is 0 Å². The molecule has 0 radical (unpaired) electrons. The molecule has 0 spiro atoms. The minimum absolute atomic E-state index is 0.0771. The highest BCUT2D eigenvalue weighted by Crippen LogP contribution is 2.31. The molecule has 0 aliphatic carbocycles. The first-order chi connectivity index (χ1) is 10.3. The SMILES string of the molecule is CN(c1ccccc1)c1ccc(C(=O)c2ccccc2)s1. The van der Waals surface area contributed by atoms with E-state index in [0.29, 0.717) is 0 Å². The lowest BCUT2D eigenvalue weighted by molar-refractivity contribution is 0.104. The van der Waals surface area contributed by atoms with Gasteiger partial charge in [0.25, 0.3) is 0 Å². The summed E-state index contributed by atoms with van der Waals surface area (Å²) in [7, 11) is 2.01. The molecule has 1 aromatic heterocycles. The van der Waals surface area contributed by atoms with Gasteiger partial charge in [0, 0.05) is 18.3 Å². The number of nitrogens with zero attached hydrogens (tertiary/aromatic N) is 1. The summed E-state index contributed by atoms with van der Waals surface area (Å²) in [5, 5.41) is 1.06. The Morgan fingerprint density at radius 1 is 0.857 bits per heavy atom. The molecular weight excluding hydrogens is 278 g/mol. The van der Waals surface area contributed by atoms with Gasteiger partial charge in [-0.1, -0.05) is 48.5 Å². The summed E-state index contributed by atoms with van der Waals surface area (Å²) in [5.74, 6) is 0.0771. The monoisotopic (exact) mass is 293 g/mol. The lowest BCUT2D eigenvalue weighted by Crippen LogP contribution is -2.06. The molecule has 0 fully saturated rings. The first-order valence-corrected chi connectivity index (χ1v) is 7.56. The number of anilines is 2. The van der Waals surface area contributed by atoms with Crippen molar-refractivity contribution in [1.29, 1.82) is 0 Å². The van der Waals surface area contributed by atoms with Crippen LogP contribution >= 0.6 is 11.3 Å². The van der Waals surface area contributed by atoms with E-state index in [0.717, 1.165) is 21.1 Å². The number of carbonyl (C=O) groups excluding carboxylic acids is 1. The number of ketones is 1. The van der Waals surface area contributed by atoms with Gasteiger partial charge in [-0.15, -0.1) is 11.3 Å². The van der Waals surface area contributed by atoms with Crippen LogP contribution in [0.2, 0.25) is 0 Å². The third kappa shape index (κ3) is 2.88. The number of benzene rings is 2. The Hall–Kier alpha value is -2.39. The molecule has 3 aromatic rings. The summed E-state index contributed by atoms with van der Waals surface area (Å²) in [6.45, 7) is 0. The minimum atomic E-state index is 0.0771. The predicted molar refractivity (Wildman–Crippen MR) is 88.7 cm³/mol. The summed E-state index contributed by atoms with van der Waals surface area (Å²) in [6, 6.07) is 23.4. The zero-order chi connectivity index (χ0) is 14.7. The number of carbonyl (C=O) groups is 1. The molecule has 2 aromatic carbocycles. The van der Waals surface area contributed by atoms with Gasteiger partial charge in [0.15, 0.2) is 0 Å². The maximum Gasteiger partial charge on any atom is 0.203 e. The van der Waals surface area contributed by atoms with Gasteiger partial charge >= 0.3 is 0 Å². The van der Waals surface area contributed by atoms with Crippen molar-refractivity contribution >= 4 is 27.8 Å². The van der Waals surface area contributed by atoms with Crippen LogP contribution in [0, 0.1) is 0 Å². The molecule has 0 unspecified atom stereocenters. The van der Waals surface area contributed by atoms with E-state index in [2.05, 4.69) is 17.0 Å². The molecule has 0 N–H and O–H groups in total. The zero-order valence-electron chi connectivity index (χ0n) is 11.7. The van der Waals surface area contributed by atoms with Crippen LogP contribution in [0.15, 0.2) is 72.8 Å². The Morgan fingerprint density at radius 2 is 1.48 bits per heavy atom. The molecule has 0 bridgehead atoms. The van der Waals surface area contributed by atoms with E-state index in [1.54, 1.807) is 0 Å². The van der Waals surface area contributed by atoms with Gasteiger partial charge in [0.1, 0.15) is 0 Å². The van der Waals surface area contributed by atoms with Crippen LogP contribution in [-0.2, 0) is 0 Å². The van der Waals surface area contributed by atoms with Crippen LogP contribution in [0.4, 0.5) is 10.7 Å². The molecule has 1 heterocycles. The van der Waals surface area contributed by atoms with Crippen molar-refractivity contribution in [2.75, 3.05) is 11.9 Å². The highest BCUT2D eigenvalue weighted by molar-refractivity contribution is 7.18. The Kier molecular flexibility index (Phi) is 3.84. The van der Waals surface area contributed by atoms with Gasteiger partial charge in [-0.3, -0.25) is 4.79 Å². The second-order valence-electron chi connectivity index (χ2n) is 4.73. The van der Waals surface area contributed by atoms with Crippen molar-refractivity contribution in [2.24, 2.45) is 0 Å². The quantitative estimate of drug-likeness (QED) is 0.647. The molecular formula is C18H15NOS. The van der Waals surface area contributed by atoms with Gasteiger partial charge < -0.3 is 4.90 Å². The summed E-state index contributed by atoms with van der Waals surface area (Å²) >= 11 is 1.52. The smallest absolute Gasteiger partial charge is 0.203 e. The molecule has 0 saturated heterocycles. The average Bonchev–Trinajstić information content (AvgIpc) is 3.05. The molecule has 3 heteroatoms. The van der Waals surface area contributed by atoms with Gasteiger partial charge in [-0.25, -0.2) is 0 Å². The summed E-state index contributed by atoms with van der Waals surface area (Å²) in [5.41, 5.74) is 1.84. The van der Waals surface area contributed by atoms with E-state index >= 15 is 0 Å². The van der Waals surface area contributed by atoms with Crippen LogP contribution in [0.3, 0.4) is 0 Å². The number of hydrogen-bond donors (Lipinski definition) is 0. The van der Waals surface area contributed by atoms with Crippen molar-refractivity contribution in [3.05, 3.63) is 83.2 Å². The first kappa shape index (κ1) is 13.6. The largest absolute Gasteiger partial charge is 0.336 e. The Labute approximate surface area is 128 Å². The highest BCUT2D eigenvalue weighted by atomic mass is 32.1. The number of rotatable bonds is 4. The molecule has 0 aliphatic rings. The molecule has 104 valence electrons. The van der Waals surface area contributed by atoms with Crippen LogP contribution in [-0.4, -0.2) is 12.8 Å². The highest BCUT2D eigenvalue weighted by Gasteiger charge is 2.13. The van der Waals surface area contributed by atoms with Crippen molar-refractivity contribution in [2.45, 2.75) is 0 Å². The normalized spacial score (nSPS) is 10.3. The lowest BCUT2D eigenvalue weighted by Gasteiger charge is -2.16. The number of hydrogen-bond acceptors (Lipinski definition) is 3. The molecule has 2 nitrogen and oxygen atoms in total. The van der Waals surface area contributed by atoms with E-state index in [-0.39, 0.29) is 5.78 Å². The third-order valence-electron chi connectivity index (χ3n) is 3.33. The van der Waals surface area contributed by atoms with Crippen molar-refractivity contribution in [3.63, 3.8) is 0 Å². The Balaban J connectivity index is 1.85. The lowest BCUT2D eigenvalue weighted by atomic mass is 10.1. The second kappa shape index (κ2) is 5.94. The van der Waals surface area contributed by atoms with Crippen LogP contribution in [0.5, 0.6) is 0 Å². The molecule has 0 aliphatic heterocycles. The van der Waals surface area contributed by atoms with Gasteiger partial charge in [0.05, 0.1) is 9.88 Å². The van der Waals surface area contributed by atoms with E-state index < -0.39 is 0 Å². The summed E-state index contributed by atoms with van der Waals surface area (Å²) < 4.78 is 0. The van der Waals surface area contributed by atoms with Gasteiger partial charge in [-0.05, 0) is 24.3 Å². The molecule has 0 atom stereocenters. The first-order valence-electron chi connectivity index (χ1n) is 6.74. The van der Waals surface area contributed by atoms with E-state index in [9.17, 15) is 4.79 Å². The van der Waals surface area contributed by atoms with Crippen molar-refractivity contribution in [1.82, 2.24) is 0 Å². The Bertz CT molecular complexity index is 734. The standard InChI is InChI=1S/C18H15NOS/c1-19(15-10-6-3-7-11-15)17-13-12-16(21-17)18(20)14-8-4-2-5-9-14/h2-13H,1H3. The predicted octanol–water partition coefficient (Wildman–Crippen LogP) is 4.75. The van der Waals surface area contributed by atoms with E-state index in [4.69, 9.17) is 0 Å². The maximum atomic E-state index is 12.4. The second-order valence-corrected chi connectivity index (χ2v) is 5.79. The fourth-order valence-corrected chi connectivity index (χ4v) is 3.09. The molecule has 3 rings (SSSR count). The number of para-hydroxylation sites is 1. The summed E-state index contributed by atoms with van der Waals surface area (Å²) in [6.07, 6.45) is 0. The fourth-order valence-electron chi connectivity index (χ4n) is 2.14. The maximum absolute atomic E-state index is 12.4. The van der Waals surface area contributed by atoms with E-state index in [1.807, 2.05) is 67.7 Å². The third-order valence-corrected chi connectivity index (χ3v) is 4.49. The number of thiophene rings is 1. The molecule has 0 saturated carbocycles. The van der Waals surface area contributed by atoms with Crippen LogP contribution in [0.25, 0.3) is 0 Å². The van der Waals surface area contributed by atoms with Crippen LogP contribution < -0.4 is 4.90 Å². The van der Waals surface area contributed by atoms with E-state index in [1.165, 1.54) is 11.3 Å². The van der Waals surface area contributed by atoms with Crippen LogP contribution in [0.1, 0.15) is 15.2 Å².